The van der Waals surface area contributed by atoms with Gasteiger partial charge in [-0.05, 0) is 24.1 Å². The van der Waals surface area contributed by atoms with Crippen molar-refractivity contribution in [3.63, 3.8) is 0 Å². The molecule has 1 fully saturated rings. The maximum Gasteiger partial charge on any atom is 0.326 e. The zero-order valence-electron chi connectivity index (χ0n) is 16.1. The Kier molecular flexibility index (Phi) is 4.86. The molecule has 2 heterocycles. The molecule has 0 radical (unpaired) electrons. The van der Waals surface area contributed by atoms with Gasteiger partial charge in [0.25, 0.3) is 11.5 Å². The summed E-state index contributed by atoms with van der Waals surface area (Å²) in [4.78, 5) is 24.2. The maximum atomic E-state index is 12.7. The Bertz CT molecular complexity index is 1300. The molecule has 4 rings (SSSR count). The molecule has 3 N–H and O–H groups in total. The molecule has 0 bridgehead atoms. The van der Waals surface area contributed by atoms with Crippen LogP contribution in [0.25, 0.3) is 10.9 Å². The standard InChI is InChI=1S/C20H20N4O5S/c1-23-16-11-18(25)17(24-12-19(26)22-30(24,28)29)10-14(16)9-15(20(23)27)21-8-7-13-5-3-2-4-6-13/h2-6,9-11,21,25H,7-8,12H2,1H3,(H,22,26). The van der Waals surface area contributed by atoms with E-state index in [-0.39, 0.29) is 17.0 Å². The van der Waals surface area contributed by atoms with E-state index in [2.05, 4.69) is 5.32 Å². The van der Waals surface area contributed by atoms with Crippen molar-refractivity contribution >= 4 is 38.4 Å². The third kappa shape index (κ3) is 3.57. The Morgan fingerprint density at radius 1 is 1.13 bits per heavy atom. The number of aryl methyl sites for hydroxylation is 1. The molecule has 1 saturated heterocycles. The second-order valence-corrected chi connectivity index (χ2v) is 8.62. The fraction of sp³-hybridized carbons (Fsp3) is 0.200. The van der Waals surface area contributed by atoms with E-state index in [0.29, 0.717) is 23.1 Å². The van der Waals surface area contributed by atoms with Crippen LogP contribution in [0.15, 0.2) is 53.3 Å². The zero-order valence-corrected chi connectivity index (χ0v) is 16.9. The predicted octanol–water partition coefficient (Wildman–Crippen LogP) is 1.08. The first-order chi connectivity index (χ1) is 14.3. The second-order valence-electron chi connectivity index (χ2n) is 7.02. The third-order valence-corrected chi connectivity index (χ3v) is 6.37. The van der Waals surface area contributed by atoms with Crippen molar-refractivity contribution in [2.24, 2.45) is 7.05 Å². The lowest BCUT2D eigenvalue weighted by molar-refractivity contribution is -0.117. The van der Waals surface area contributed by atoms with Crippen molar-refractivity contribution < 1.29 is 18.3 Å². The molecule has 3 aromatic rings. The van der Waals surface area contributed by atoms with Gasteiger partial charge < -0.3 is 15.0 Å². The molecule has 30 heavy (non-hydrogen) atoms. The fourth-order valence-electron chi connectivity index (χ4n) is 3.47. The summed E-state index contributed by atoms with van der Waals surface area (Å²) < 4.78 is 28.3. The zero-order chi connectivity index (χ0) is 21.5. The monoisotopic (exact) mass is 428 g/mol. The topological polar surface area (TPSA) is 121 Å². The van der Waals surface area contributed by atoms with Crippen LogP contribution in [0, 0.1) is 0 Å². The molecule has 0 atom stereocenters. The first kappa shape index (κ1) is 19.8. The van der Waals surface area contributed by atoms with Crippen LogP contribution in [-0.2, 0) is 28.5 Å². The lowest BCUT2D eigenvalue weighted by Gasteiger charge is -2.18. The summed E-state index contributed by atoms with van der Waals surface area (Å²) in [5, 5.41) is 14.0. The van der Waals surface area contributed by atoms with Crippen molar-refractivity contribution in [3.05, 3.63) is 64.4 Å². The van der Waals surface area contributed by atoms with Gasteiger partial charge in [0.1, 0.15) is 18.0 Å². The number of nitrogens with one attached hydrogen (secondary N) is 2. The average Bonchev–Trinajstić information content (AvgIpc) is 2.98. The molecule has 10 heteroatoms. The number of hydrogen-bond acceptors (Lipinski definition) is 6. The molecule has 9 nitrogen and oxygen atoms in total. The number of phenolic OH excluding ortho intramolecular Hbond substituents is 1. The van der Waals surface area contributed by atoms with Gasteiger partial charge >= 0.3 is 10.2 Å². The smallest absolute Gasteiger partial charge is 0.326 e. The number of rotatable bonds is 5. The van der Waals surface area contributed by atoms with Crippen LogP contribution in [0.4, 0.5) is 11.4 Å². The maximum absolute atomic E-state index is 12.7. The van der Waals surface area contributed by atoms with E-state index < -0.39 is 22.7 Å². The first-order valence-electron chi connectivity index (χ1n) is 9.24. The molecule has 0 spiro atoms. The summed E-state index contributed by atoms with van der Waals surface area (Å²) in [5.74, 6) is -1.03. The lowest BCUT2D eigenvalue weighted by Crippen LogP contribution is -2.29. The minimum Gasteiger partial charge on any atom is -0.506 e. The molecule has 0 saturated carbocycles. The summed E-state index contributed by atoms with van der Waals surface area (Å²) in [7, 11) is -2.49. The number of aromatic hydroxyl groups is 1. The highest BCUT2D eigenvalue weighted by molar-refractivity contribution is 7.92. The van der Waals surface area contributed by atoms with E-state index in [1.165, 1.54) is 16.7 Å². The highest BCUT2D eigenvalue weighted by Crippen LogP contribution is 2.34. The number of benzene rings is 2. The Balaban J connectivity index is 1.69. The van der Waals surface area contributed by atoms with E-state index in [0.717, 1.165) is 16.3 Å². The van der Waals surface area contributed by atoms with Crippen LogP contribution < -0.4 is 19.9 Å². The van der Waals surface area contributed by atoms with Gasteiger partial charge in [-0.15, -0.1) is 0 Å². The molecule has 1 amide bonds. The van der Waals surface area contributed by atoms with E-state index in [9.17, 15) is 23.1 Å². The molecule has 1 aliphatic rings. The molecule has 1 aromatic heterocycles. The van der Waals surface area contributed by atoms with Gasteiger partial charge in [-0.25, -0.2) is 9.03 Å². The largest absolute Gasteiger partial charge is 0.506 e. The van der Waals surface area contributed by atoms with E-state index in [4.69, 9.17) is 0 Å². The number of pyridine rings is 1. The minimum absolute atomic E-state index is 0.0327. The summed E-state index contributed by atoms with van der Waals surface area (Å²) in [6.45, 7) is 0.115. The first-order valence-corrected chi connectivity index (χ1v) is 10.7. The minimum atomic E-state index is -4.06. The predicted molar refractivity (Wildman–Crippen MR) is 114 cm³/mol. The van der Waals surface area contributed by atoms with Gasteiger partial charge in [0, 0.05) is 25.0 Å². The SMILES string of the molecule is Cn1c(=O)c(NCCc2ccccc2)cc2cc(N3CC(=O)NS3(=O)=O)c(O)cc21. The molecule has 156 valence electrons. The normalized spacial score (nSPS) is 15.4. The Morgan fingerprint density at radius 3 is 2.53 bits per heavy atom. The van der Waals surface area contributed by atoms with Crippen LogP contribution in [0.3, 0.4) is 0 Å². The number of carbonyl (C=O) groups is 1. The number of anilines is 2. The molecule has 2 aromatic carbocycles. The lowest BCUT2D eigenvalue weighted by atomic mass is 10.1. The van der Waals surface area contributed by atoms with Gasteiger partial charge in [0.15, 0.2) is 0 Å². The molecule has 0 unspecified atom stereocenters. The third-order valence-electron chi connectivity index (χ3n) is 4.98. The van der Waals surface area contributed by atoms with Crippen LogP contribution >= 0.6 is 0 Å². The van der Waals surface area contributed by atoms with E-state index in [1.807, 2.05) is 35.1 Å². The molecular formula is C20H20N4O5S. The van der Waals surface area contributed by atoms with Crippen molar-refractivity contribution in [1.82, 2.24) is 9.29 Å². The Hall–Kier alpha value is -3.53. The molecule has 1 aliphatic heterocycles. The van der Waals surface area contributed by atoms with Crippen LogP contribution in [0.5, 0.6) is 5.75 Å². The van der Waals surface area contributed by atoms with Crippen molar-refractivity contribution in [1.29, 1.82) is 0 Å². The number of carbonyl (C=O) groups excluding carboxylic acids is 1. The van der Waals surface area contributed by atoms with Crippen LogP contribution in [0.2, 0.25) is 0 Å². The average molecular weight is 428 g/mol. The quantitative estimate of drug-likeness (QED) is 0.559. The number of amides is 1. The van der Waals surface area contributed by atoms with Crippen molar-refractivity contribution in [3.8, 4) is 5.75 Å². The van der Waals surface area contributed by atoms with Gasteiger partial charge in [0.2, 0.25) is 0 Å². The van der Waals surface area contributed by atoms with Crippen LogP contribution in [-0.4, -0.2) is 37.1 Å². The van der Waals surface area contributed by atoms with Crippen molar-refractivity contribution in [2.45, 2.75) is 6.42 Å². The van der Waals surface area contributed by atoms with Gasteiger partial charge in [0.05, 0.1) is 11.2 Å². The molecular weight excluding hydrogens is 408 g/mol. The van der Waals surface area contributed by atoms with Crippen molar-refractivity contribution in [2.75, 3.05) is 22.7 Å². The number of fused-ring (bicyclic) bond motifs is 1. The summed E-state index contributed by atoms with van der Waals surface area (Å²) in [6.07, 6.45) is 0.725. The summed E-state index contributed by atoms with van der Waals surface area (Å²) in [6, 6.07) is 14.2. The number of hydrogen-bond donors (Lipinski definition) is 3. The van der Waals surface area contributed by atoms with E-state index >= 15 is 0 Å². The number of phenols is 1. The van der Waals surface area contributed by atoms with Gasteiger partial charge in [-0.3, -0.25) is 9.59 Å². The number of aromatic nitrogens is 1. The second kappa shape index (κ2) is 7.38. The van der Waals surface area contributed by atoms with Gasteiger partial charge in [-0.2, -0.15) is 8.42 Å². The number of nitrogens with zero attached hydrogens (tertiary/aromatic N) is 2. The van der Waals surface area contributed by atoms with Gasteiger partial charge in [-0.1, -0.05) is 30.3 Å². The van der Waals surface area contributed by atoms with Crippen LogP contribution in [0.1, 0.15) is 5.56 Å². The molecule has 0 aliphatic carbocycles. The summed E-state index contributed by atoms with van der Waals surface area (Å²) >= 11 is 0. The Labute approximate surface area is 172 Å². The summed E-state index contributed by atoms with van der Waals surface area (Å²) in [5.41, 5.74) is 1.62. The van der Waals surface area contributed by atoms with E-state index in [1.54, 1.807) is 13.1 Å². The highest BCUT2D eigenvalue weighted by Gasteiger charge is 2.35. The highest BCUT2D eigenvalue weighted by atomic mass is 32.2. The Morgan fingerprint density at radius 2 is 1.87 bits per heavy atom. The fourth-order valence-corrected chi connectivity index (χ4v) is 4.62.